The van der Waals surface area contributed by atoms with Crippen molar-refractivity contribution < 1.29 is 28.6 Å². The van der Waals surface area contributed by atoms with Crippen molar-refractivity contribution in [3.05, 3.63) is 65.5 Å². The van der Waals surface area contributed by atoms with Gasteiger partial charge in [0.25, 0.3) is 0 Å². The molecule has 40 heavy (non-hydrogen) atoms. The molecule has 1 unspecified atom stereocenters. The fourth-order valence-electron chi connectivity index (χ4n) is 5.34. The Hall–Kier alpha value is -3.50. The highest BCUT2D eigenvalue weighted by Crippen LogP contribution is 2.21. The number of nitrogens with zero attached hydrogens (tertiary/aromatic N) is 2. The first kappa shape index (κ1) is 29.5. The molecule has 10 heteroatoms. The Morgan fingerprint density at radius 1 is 1.12 bits per heavy atom. The van der Waals surface area contributed by atoms with E-state index in [4.69, 9.17) is 4.74 Å². The highest BCUT2D eigenvalue weighted by Gasteiger charge is 2.38. The normalized spacial score (nSPS) is 19.0. The highest BCUT2D eigenvalue weighted by molar-refractivity contribution is 5.83. The van der Waals surface area contributed by atoms with Crippen LogP contribution in [-0.2, 0) is 27.3 Å². The summed E-state index contributed by atoms with van der Waals surface area (Å²) in [6.45, 7) is 4.64. The van der Waals surface area contributed by atoms with Crippen molar-refractivity contribution in [3.63, 3.8) is 0 Å². The van der Waals surface area contributed by atoms with Crippen LogP contribution < -0.4 is 15.4 Å². The van der Waals surface area contributed by atoms with Gasteiger partial charge >= 0.3 is 0 Å². The second-order valence-electron chi connectivity index (χ2n) is 10.5. The molecule has 0 aliphatic carbocycles. The lowest BCUT2D eigenvalue weighted by molar-refractivity contribution is -0.141. The van der Waals surface area contributed by atoms with Gasteiger partial charge in [0, 0.05) is 52.1 Å². The predicted molar refractivity (Wildman–Crippen MR) is 148 cm³/mol. The van der Waals surface area contributed by atoms with Gasteiger partial charge in [-0.3, -0.25) is 14.4 Å². The number of aliphatic hydroxyl groups is 1. The Balaban J connectivity index is 1.36. The van der Waals surface area contributed by atoms with E-state index in [2.05, 4.69) is 10.6 Å². The maximum atomic E-state index is 14.5. The van der Waals surface area contributed by atoms with Gasteiger partial charge in [0.05, 0.1) is 18.8 Å². The van der Waals surface area contributed by atoms with Crippen molar-refractivity contribution >= 4 is 17.7 Å². The lowest BCUT2D eigenvalue weighted by Crippen LogP contribution is -2.63. The zero-order valence-corrected chi connectivity index (χ0v) is 23.0. The summed E-state index contributed by atoms with van der Waals surface area (Å²) in [6, 6.07) is 12.2. The molecule has 2 heterocycles. The lowest BCUT2D eigenvalue weighted by Gasteiger charge is -2.38. The molecule has 4 rings (SSSR count). The summed E-state index contributed by atoms with van der Waals surface area (Å²) in [5, 5.41) is 17.1. The van der Waals surface area contributed by atoms with E-state index < -0.39 is 24.0 Å². The Morgan fingerprint density at radius 2 is 1.93 bits per heavy atom. The minimum absolute atomic E-state index is 0.107. The summed E-state index contributed by atoms with van der Waals surface area (Å²) in [7, 11) is 0. The van der Waals surface area contributed by atoms with Gasteiger partial charge in [0.1, 0.15) is 17.6 Å². The first-order chi connectivity index (χ1) is 19.3. The van der Waals surface area contributed by atoms with Crippen molar-refractivity contribution in [2.45, 2.75) is 63.8 Å². The van der Waals surface area contributed by atoms with Crippen molar-refractivity contribution in [1.82, 2.24) is 20.4 Å². The number of unbranched alkanes of at least 4 members (excludes halogenated alkanes) is 1. The molecule has 9 nitrogen and oxygen atoms in total. The number of nitrogens with one attached hydrogen (secondary N) is 2. The molecule has 3 amide bonds. The number of benzene rings is 2. The molecular formula is C30H39FN4O5. The van der Waals surface area contributed by atoms with Gasteiger partial charge in [0.2, 0.25) is 17.7 Å². The molecule has 0 spiro atoms. The fourth-order valence-corrected chi connectivity index (χ4v) is 5.34. The van der Waals surface area contributed by atoms with E-state index in [1.54, 1.807) is 11.0 Å². The molecule has 2 fully saturated rings. The SMILES string of the molecule is CC(=O)N[C@@H](Cc1cc(F)cc(OCCCCN2CCCC2=O)c1)C(O)[C@@H]1NCCN(Cc2ccccc2)C1=O. The number of aliphatic hydroxyl groups excluding tert-OH is 1. The summed E-state index contributed by atoms with van der Waals surface area (Å²) in [4.78, 5) is 40.6. The smallest absolute Gasteiger partial charge is 0.242 e. The van der Waals surface area contributed by atoms with Gasteiger partial charge in [0.15, 0.2) is 0 Å². The molecule has 216 valence electrons. The number of amides is 3. The lowest BCUT2D eigenvalue weighted by atomic mass is 9.94. The molecule has 0 radical (unpaired) electrons. The molecule has 0 saturated carbocycles. The van der Waals surface area contributed by atoms with Gasteiger partial charge in [-0.2, -0.15) is 0 Å². The maximum Gasteiger partial charge on any atom is 0.242 e. The molecule has 0 bridgehead atoms. The Kier molecular flexibility index (Phi) is 10.5. The van der Waals surface area contributed by atoms with Gasteiger partial charge in [-0.1, -0.05) is 30.3 Å². The van der Waals surface area contributed by atoms with Crippen LogP contribution in [0.4, 0.5) is 4.39 Å². The summed E-state index contributed by atoms with van der Waals surface area (Å²) in [5.41, 5.74) is 1.51. The number of likely N-dealkylation sites (tertiary alicyclic amines) is 1. The molecular weight excluding hydrogens is 515 g/mol. The Labute approximate surface area is 234 Å². The third-order valence-electron chi connectivity index (χ3n) is 7.33. The van der Waals surface area contributed by atoms with Crippen LogP contribution in [0.1, 0.15) is 43.7 Å². The van der Waals surface area contributed by atoms with Crippen LogP contribution in [0, 0.1) is 5.82 Å². The average Bonchev–Trinajstić information content (AvgIpc) is 3.33. The highest BCUT2D eigenvalue weighted by atomic mass is 19.1. The van der Waals surface area contributed by atoms with Crippen molar-refractivity contribution in [1.29, 1.82) is 0 Å². The van der Waals surface area contributed by atoms with E-state index >= 15 is 0 Å². The number of carbonyl (C=O) groups excluding carboxylic acids is 3. The molecule has 2 aromatic rings. The third kappa shape index (κ3) is 8.25. The second kappa shape index (κ2) is 14.2. The Bertz CT molecular complexity index is 1160. The molecule has 0 aromatic heterocycles. The van der Waals surface area contributed by atoms with Gasteiger partial charge in [-0.15, -0.1) is 0 Å². The summed E-state index contributed by atoms with van der Waals surface area (Å²) < 4.78 is 20.3. The Morgan fingerprint density at radius 3 is 2.65 bits per heavy atom. The molecule has 3 atom stereocenters. The topological polar surface area (TPSA) is 111 Å². The van der Waals surface area contributed by atoms with Crippen LogP contribution in [0.5, 0.6) is 5.75 Å². The standard InChI is InChI=1S/C30H39FN4O5/c1-21(36)33-26(29(38)28-30(39)35(14-11-32-28)20-22-8-3-2-4-9-22)18-23-16-24(31)19-25(17-23)40-15-6-5-12-34-13-7-10-27(34)37/h2-4,8-9,16-17,19,26,28-29,32,38H,5-7,10-15,18,20H2,1H3,(H,33,36)/t26-,28-,29?/m0/s1. The van der Waals surface area contributed by atoms with Crippen LogP contribution in [0.2, 0.25) is 0 Å². The van der Waals surface area contributed by atoms with Crippen LogP contribution in [0.25, 0.3) is 0 Å². The number of ether oxygens (including phenoxy) is 1. The van der Waals surface area contributed by atoms with Crippen LogP contribution >= 0.6 is 0 Å². The molecule has 2 saturated heterocycles. The van der Waals surface area contributed by atoms with E-state index in [0.29, 0.717) is 50.5 Å². The quantitative estimate of drug-likeness (QED) is 0.327. The zero-order chi connectivity index (χ0) is 28.5. The number of halogens is 1. The van der Waals surface area contributed by atoms with Crippen molar-refractivity contribution in [2.24, 2.45) is 0 Å². The second-order valence-corrected chi connectivity index (χ2v) is 10.5. The monoisotopic (exact) mass is 554 g/mol. The third-order valence-corrected chi connectivity index (χ3v) is 7.33. The number of hydrogen-bond acceptors (Lipinski definition) is 6. The van der Waals surface area contributed by atoms with Gasteiger partial charge in [-0.05, 0) is 48.9 Å². The summed E-state index contributed by atoms with van der Waals surface area (Å²) >= 11 is 0. The first-order valence-corrected chi connectivity index (χ1v) is 14.0. The van der Waals surface area contributed by atoms with Gasteiger partial charge < -0.3 is 30.3 Å². The molecule has 2 aromatic carbocycles. The van der Waals surface area contributed by atoms with Crippen molar-refractivity contribution in [3.8, 4) is 5.75 Å². The minimum Gasteiger partial charge on any atom is -0.493 e. The molecule has 2 aliphatic rings. The van der Waals surface area contributed by atoms with E-state index in [1.165, 1.54) is 19.1 Å². The number of piperazine rings is 1. The van der Waals surface area contributed by atoms with Gasteiger partial charge in [-0.25, -0.2) is 4.39 Å². The fraction of sp³-hybridized carbons (Fsp3) is 0.500. The summed E-state index contributed by atoms with van der Waals surface area (Å²) in [6.07, 6.45) is 1.92. The first-order valence-electron chi connectivity index (χ1n) is 14.0. The molecule has 2 aliphatic heterocycles. The number of carbonyl (C=O) groups is 3. The number of hydrogen-bond donors (Lipinski definition) is 3. The van der Waals surface area contributed by atoms with E-state index in [1.807, 2.05) is 35.2 Å². The van der Waals surface area contributed by atoms with E-state index in [-0.39, 0.29) is 24.1 Å². The summed E-state index contributed by atoms with van der Waals surface area (Å²) in [5.74, 6) is -0.563. The average molecular weight is 555 g/mol. The zero-order valence-electron chi connectivity index (χ0n) is 23.0. The largest absolute Gasteiger partial charge is 0.493 e. The number of rotatable bonds is 13. The minimum atomic E-state index is -1.24. The van der Waals surface area contributed by atoms with Crippen LogP contribution in [0.3, 0.4) is 0 Å². The van der Waals surface area contributed by atoms with E-state index in [9.17, 15) is 23.9 Å². The van der Waals surface area contributed by atoms with Crippen molar-refractivity contribution in [2.75, 3.05) is 32.8 Å². The maximum absolute atomic E-state index is 14.5. The predicted octanol–water partition coefficient (Wildman–Crippen LogP) is 2.02. The van der Waals surface area contributed by atoms with Crippen LogP contribution in [0.15, 0.2) is 48.5 Å². The van der Waals surface area contributed by atoms with E-state index in [0.717, 1.165) is 31.4 Å². The molecule has 3 N–H and O–H groups in total. The van der Waals surface area contributed by atoms with Crippen LogP contribution in [-0.4, -0.2) is 83.6 Å².